The molecule has 0 aliphatic heterocycles. The van der Waals surface area contributed by atoms with Crippen molar-refractivity contribution in [2.45, 2.75) is 36.9 Å². The molecule has 1 fully saturated rings. The highest BCUT2D eigenvalue weighted by Crippen LogP contribution is 2.29. The number of ether oxygens (including phenoxy) is 1. The van der Waals surface area contributed by atoms with Crippen molar-refractivity contribution in [2.24, 2.45) is 0 Å². The number of nitrogens with zero attached hydrogens (tertiary/aromatic N) is 3. The van der Waals surface area contributed by atoms with Gasteiger partial charge in [-0.05, 0) is 25.0 Å². The zero-order valence-corrected chi connectivity index (χ0v) is 15.8. The summed E-state index contributed by atoms with van der Waals surface area (Å²) in [6, 6.07) is 7.00. The van der Waals surface area contributed by atoms with E-state index in [0.717, 1.165) is 37.4 Å². The maximum absolute atomic E-state index is 12.0. The number of hydrogen-bond acceptors (Lipinski definition) is 7. The highest BCUT2D eigenvalue weighted by molar-refractivity contribution is 7.99. The Bertz CT molecular complexity index is 819. The van der Waals surface area contributed by atoms with Gasteiger partial charge in [-0.15, -0.1) is 10.2 Å². The molecule has 0 saturated heterocycles. The molecule has 1 aromatic carbocycles. The number of nitrogens with two attached hydrogens (primary N) is 1. The highest BCUT2D eigenvalue weighted by Gasteiger charge is 2.19. The van der Waals surface area contributed by atoms with Crippen LogP contribution in [0.25, 0.3) is 11.4 Å². The summed E-state index contributed by atoms with van der Waals surface area (Å²) >= 11 is 1.10. The summed E-state index contributed by atoms with van der Waals surface area (Å²) in [5.41, 5.74) is 0.697. The largest absolute Gasteiger partial charge is 0.496 e. The first kappa shape index (κ1) is 19.0. The van der Waals surface area contributed by atoms with Crippen molar-refractivity contribution in [2.75, 3.05) is 18.7 Å². The second kappa shape index (κ2) is 8.76. The van der Waals surface area contributed by atoms with Gasteiger partial charge in [0.15, 0.2) is 5.82 Å². The van der Waals surface area contributed by atoms with Crippen molar-refractivity contribution in [3.05, 3.63) is 24.3 Å². The maximum Gasteiger partial charge on any atom is 0.321 e. The molecular formula is C17H22N6O3S. The fourth-order valence-corrected chi connectivity index (χ4v) is 3.63. The third-order valence-electron chi connectivity index (χ3n) is 4.29. The van der Waals surface area contributed by atoms with E-state index in [4.69, 9.17) is 10.6 Å². The van der Waals surface area contributed by atoms with Gasteiger partial charge in [0, 0.05) is 6.04 Å². The summed E-state index contributed by atoms with van der Waals surface area (Å²) in [5, 5.41) is 13.6. The van der Waals surface area contributed by atoms with Gasteiger partial charge in [-0.2, -0.15) is 0 Å². The van der Waals surface area contributed by atoms with Crippen LogP contribution < -0.4 is 21.2 Å². The third kappa shape index (κ3) is 4.70. The minimum atomic E-state index is -0.462. The van der Waals surface area contributed by atoms with Gasteiger partial charge in [0.1, 0.15) is 5.75 Å². The van der Waals surface area contributed by atoms with E-state index >= 15 is 0 Å². The average molecular weight is 390 g/mol. The molecule has 0 unspecified atom stereocenters. The Balaban J connectivity index is 1.56. The summed E-state index contributed by atoms with van der Waals surface area (Å²) in [4.78, 5) is 23.8. The lowest BCUT2D eigenvalue weighted by atomic mass is 10.2. The molecule has 2 aromatic rings. The van der Waals surface area contributed by atoms with E-state index < -0.39 is 11.9 Å². The molecule has 27 heavy (non-hydrogen) atoms. The molecule has 3 rings (SSSR count). The van der Waals surface area contributed by atoms with Crippen LogP contribution in [0.5, 0.6) is 5.75 Å². The molecular weight excluding hydrogens is 368 g/mol. The first-order chi connectivity index (χ1) is 13.1. The summed E-state index contributed by atoms with van der Waals surface area (Å²) < 4.78 is 6.61. The maximum atomic E-state index is 12.0. The predicted octanol–water partition coefficient (Wildman–Crippen LogP) is 1.53. The van der Waals surface area contributed by atoms with E-state index in [0.29, 0.717) is 22.3 Å². The number of urea groups is 1. The van der Waals surface area contributed by atoms with Crippen molar-refractivity contribution < 1.29 is 14.3 Å². The molecule has 144 valence electrons. The zero-order valence-electron chi connectivity index (χ0n) is 15.0. The second-order valence-electron chi connectivity index (χ2n) is 6.17. The molecule has 0 atom stereocenters. The first-order valence-corrected chi connectivity index (χ1v) is 9.64. The van der Waals surface area contributed by atoms with E-state index in [1.165, 1.54) is 4.68 Å². The van der Waals surface area contributed by atoms with Gasteiger partial charge >= 0.3 is 6.03 Å². The molecule has 1 heterocycles. The van der Waals surface area contributed by atoms with Gasteiger partial charge in [-0.25, -0.2) is 9.47 Å². The van der Waals surface area contributed by atoms with Crippen molar-refractivity contribution in [3.8, 4) is 17.1 Å². The summed E-state index contributed by atoms with van der Waals surface area (Å²) in [5.74, 6) is 6.69. The highest BCUT2D eigenvalue weighted by atomic mass is 32.2. The SMILES string of the molecule is COc1ccccc1-c1nnc(SCC(=O)NC(=O)NC2CCCC2)n1N. The van der Waals surface area contributed by atoms with Crippen LogP contribution in [0.2, 0.25) is 0 Å². The van der Waals surface area contributed by atoms with Crippen LogP contribution in [0.4, 0.5) is 4.79 Å². The van der Waals surface area contributed by atoms with E-state index in [2.05, 4.69) is 20.8 Å². The standard InChI is InChI=1S/C17H22N6O3S/c1-26-13-9-5-4-8-12(13)15-21-22-17(23(15)18)27-10-14(24)20-16(25)19-11-6-2-3-7-11/h4-5,8-9,11H,2-3,6-7,10,18H2,1H3,(H2,19,20,24,25). The number of nitrogens with one attached hydrogen (secondary N) is 2. The number of nitrogen functional groups attached to an aromatic ring is 1. The monoisotopic (exact) mass is 390 g/mol. The number of para-hydroxylation sites is 1. The molecule has 1 aromatic heterocycles. The summed E-state index contributed by atoms with van der Waals surface area (Å²) in [7, 11) is 1.56. The van der Waals surface area contributed by atoms with E-state index in [9.17, 15) is 9.59 Å². The molecule has 10 heteroatoms. The zero-order chi connectivity index (χ0) is 19.2. The molecule has 0 bridgehead atoms. The molecule has 4 N–H and O–H groups in total. The molecule has 0 radical (unpaired) electrons. The Morgan fingerprint density at radius 1 is 1.30 bits per heavy atom. The van der Waals surface area contributed by atoms with Gasteiger partial charge in [0.05, 0.1) is 18.4 Å². The number of hydrogen-bond donors (Lipinski definition) is 3. The Hall–Kier alpha value is -2.75. The van der Waals surface area contributed by atoms with Crippen LogP contribution in [0.15, 0.2) is 29.4 Å². The smallest absolute Gasteiger partial charge is 0.321 e. The van der Waals surface area contributed by atoms with Crippen molar-refractivity contribution in [1.29, 1.82) is 0 Å². The number of carbonyl (C=O) groups excluding carboxylic acids is 2. The minimum absolute atomic E-state index is 0.000650. The second-order valence-corrected chi connectivity index (χ2v) is 7.11. The van der Waals surface area contributed by atoms with Gasteiger partial charge in [-0.1, -0.05) is 36.7 Å². The van der Waals surface area contributed by atoms with Crippen LogP contribution in [-0.4, -0.2) is 45.7 Å². The van der Waals surface area contributed by atoms with E-state index in [-0.39, 0.29) is 11.8 Å². The molecule has 1 aliphatic rings. The quantitative estimate of drug-likeness (QED) is 0.505. The topological polar surface area (TPSA) is 124 Å². The minimum Gasteiger partial charge on any atom is -0.496 e. The number of benzene rings is 1. The number of rotatable bonds is 6. The van der Waals surface area contributed by atoms with E-state index in [1.807, 2.05) is 18.2 Å². The number of thioether (sulfide) groups is 1. The molecule has 3 amide bonds. The fourth-order valence-electron chi connectivity index (χ4n) is 2.97. The molecule has 0 spiro atoms. The third-order valence-corrected chi connectivity index (χ3v) is 5.23. The lowest BCUT2D eigenvalue weighted by Gasteiger charge is -2.12. The van der Waals surface area contributed by atoms with Gasteiger partial charge in [-0.3, -0.25) is 10.1 Å². The molecule has 9 nitrogen and oxygen atoms in total. The lowest BCUT2D eigenvalue weighted by molar-refractivity contribution is -0.117. The first-order valence-electron chi connectivity index (χ1n) is 8.65. The summed E-state index contributed by atoms with van der Waals surface area (Å²) in [6.07, 6.45) is 4.13. The van der Waals surface area contributed by atoms with Crippen molar-refractivity contribution in [1.82, 2.24) is 25.5 Å². The number of methoxy groups -OCH3 is 1. The van der Waals surface area contributed by atoms with Crippen molar-refractivity contribution in [3.63, 3.8) is 0 Å². The van der Waals surface area contributed by atoms with Crippen molar-refractivity contribution >= 4 is 23.7 Å². The molecule has 1 aliphatic carbocycles. The van der Waals surface area contributed by atoms with Crippen LogP contribution in [0.1, 0.15) is 25.7 Å². The Morgan fingerprint density at radius 2 is 2.04 bits per heavy atom. The Morgan fingerprint density at radius 3 is 2.78 bits per heavy atom. The van der Waals surface area contributed by atoms with Crippen LogP contribution in [0.3, 0.4) is 0 Å². The Kier molecular flexibility index (Phi) is 6.17. The molecule has 1 saturated carbocycles. The van der Waals surface area contributed by atoms with Gasteiger partial charge < -0.3 is 15.9 Å². The number of aromatic nitrogens is 3. The number of carbonyl (C=O) groups is 2. The van der Waals surface area contributed by atoms with Gasteiger partial charge in [0.2, 0.25) is 11.1 Å². The fraction of sp³-hybridized carbons (Fsp3) is 0.412. The van der Waals surface area contributed by atoms with Gasteiger partial charge in [0.25, 0.3) is 0 Å². The average Bonchev–Trinajstić information content (AvgIpc) is 3.29. The summed E-state index contributed by atoms with van der Waals surface area (Å²) in [6.45, 7) is 0. The Labute approximate surface area is 161 Å². The number of amides is 3. The van der Waals surface area contributed by atoms with Crippen LogP contribution in [-0.2, 0) is 4.79 Å². The van der Waals surface area contributed by atoms with E-state index in [1.54, 1.807) is 13.2 Å². The van der Waals surface area contributed by atoms with Crippen LogP contribution >= 0.6 is 11.8 Å². The normalized spacial score (nSPS) is 14.1. The number of imide groups is 1. The predicted molar refractivity (Wildman–Crippen MR) is 102 cm³/mol. The van der Waals surface area contributed by atoms with Crippen LogP contribution in [0, 0.1) is 0 Å². The lowest BCUT2D eigenvalue weighted by Crippen LogP contribution is -2.44.